The van der Waals surface area contributed by atoms with E-state index in [0.717, 1.165) is 31.4 Å². The molecule has 1 fully saturated rings. The summed E-state index contributed by atoms with van der Waals surface area (Å²) in [6, 6.07) is 6.56. The molecule has 1 aromatic rings. The van der Waals surface area contributed by atoms with Crippen molar-refractivity contribution in [3.8, 4) is 0 Å². The molecule has 0 aromatic heterocycles. The van der Waals surface area contributed by atoms with Gasteiger partial charge >= 0.3 is 0 Å². The average molecular weight is 232 g/mol. The molecule has 2 aliphatic rings. The summed E-state index contributed by atoms with van der Waals surface area (Å²) in [6.45, 7) is 1.46. The van der Waals surface area contributed by atoms with Gasteiger partial charge in [-0.3, -0.25) is 0 Å². The Bertz CT molecular complexity index is 403. The summed E-state index contributed by atoms with van der Waals surface area (Å²) < 4.78 is 5.44. The largest absolute Gasteiger partial charge is 0.385 e. The lowest BCUT2D eigenvalue weighted by Crippen LogP contribution is -2.26. The monoisotopic (exact) mass is 232 g/mol. The lowest BCUT2D eigenvalue weighted by atomic mass is 9.85. The minimum atomic E-state index is -0.659. The lowest BCUT2D eigenvalue weighted by Gasteiger charge is -2.27. The fraction of sp³-hybridized carbons (Fsp3) is 0.600. The van der Waals surface area contributed by atoms with Crippen LogP contribution in [0.1, 0.15) is 42.4 Å². The highest BCUT2D eigenvalue weighted by molar-refractivity contribution is 5.37. The molecule has 2 nitrogen and oxygen atoms in total. The van der Waals surface area contributed by atoms with Crippen LogP contribution in [0.15, 0.2) is 18.2 Å². The molecule has 17 heavy (non-hydrogen) atoms. The van der Waals surface area contributed by atoms with Crippen LogP contribution in [0.4, 0.5) is 0 Å². The van der Waals surface area contributed by atoms with Gasteiger partial charge < -0.3 is 9.84 Å². The third kappa shape index (κ3) is 2.12. The number of aryl methyl sites for hydroxylation is 2. The van der Waals surface area contributed by atoms with Crippen molar-refractivity contribution >= 4 is 0 Å². The topological polar surface area (TPSA) is 29.5 Å². The molecule has 0 saturated carbocycles. The molecule has 3 rings (SSSR count). The van der Waals surface area contributed by atoms with Gasteiger partial charge in [0.1, 0.15) is 0 Å². The molecular formula is C15H20O2. The van der Waals surface area contributed by atoms with Crippen LogP contribution >= 0.6 is 0 Å². The Labute approximate surface area is 103 Å². The fourth-order valence-corrected chi connectivity index (χ4v) is 3.08. The maximum Gasteiger partial charge on any atom is 0.0919 e. The van der Waals surface area contributed by atoms with Gasteiger partial charge in [-0.1, -0.05) is 18.2 Å². The van der Waals surface area contributed by atoms with Crippen molar-refractivity contribution in [3.05, 3.63) is 34.9 Å². The van der Waals surface area contributed by atoms with Crippen LogP contribution < -0.4 is 0 Å². The van der Waals surface area contributed by atoms with E-state index in [-0.39, 0.29) is 0 Å². The van der Waals surface area contributed by atoms with E-state index in [1.807, 2.05) is 0 Å². The van der Waals surface area contributed by atoms with Gasteiger partial charge in [0.15, 0.2) is 0 Å². The van der Waals surface area contributed by atoms with E-state index >= 15 is 0 Å². The first-order valence-electron chi connectivity index (χ1n) is 6.70. The second-order valence-corrected chi connectivity index (χ2v) is 5.33. The molecule has 0 spiro atoms. The van der Waals surface area contributed by atoms with E-state index in [9.17, 15) is 5.11 Å². The minimum absolute atomic E-state index is 0.659. The summed E-state index contributed by atoms with van der Waals surface area (Å²) in [5, 5.41) is 10.8. The maximum atomic E-state index is 10.8. The SMILES string of the molecule is OC1(c2ccc3c(c2)CCC3)CCCOCC1. The van der Waals surface area contributed by atoms with Crippen LogP contribution in [-0.4, -0.2) is 18.3 Å². The van der Waals surface area contributed by atoms with E-state index in [4.69, 9.17) is 4.74 Å². The third-order valence-electron chi connectivity index (χ3n) is 4.17. The Morgan fingerprint density at radius 1 is 1.00 bits per heavy atom. The molecule has 92 valence electrons. The quantitative estimate of drug-likeness (QED) is 0.806. The van der Waals surface area contributed by atoms with E-state index < -0.39 is 5.60 Å². The van der Waals surface area contributed by atoms with Crippen molar-refractivity contribution in [1.29, 1.82) is 0 Å². The Morgan fingerprint density at radius 3 is 2.82 bits per heavy atom. The predicted molar refractivity (Wildman–Crippen MR) is 67.0 cm³/mol. The van der Waals surface area contributed by atoms with Crippen molar-refractivity contribution in [1.82, 2.24) is 0 Å². The van der Waals surface area contributed by atoms with Crippen molar-refractivity contribution in [2.75, 3.05) is 13.2 Å². The second-order valence-electron chi connectivity index (χ2n) is 5.33. The Balaban J connectivity index is 1.91. The number of fused-ring (bicyclic) bond motifs is 1. The molecule has 1 aliphatic heterocycles. The van der Waals surface area contributed by atoms with Crippen molar-refractivity contribution in [2.45, 2.75) is 44.1 Å². The normalized spacial score (nSPS) is 28.8. The number of aliphatic hydroxyl groups is 1. The maximum absolute atomic E-state index is 10.8. The van der Waals surface area contributed by atoms with Gasteiger partial charge in [-0.25, -0.2) is 0 Å². The molecule has 1 atom stereocenters. The molecule has 1 unspecified atom stereocenters. The smallest absolute Gasteiger partial charge is 0.0919 e. The molecule has 0 radical (unpaired) electrons. The number of hydrogen-bond donors (Lipinski definition) is 1. The molecule has 1 saturated heterocycles. The number of ether oxygens (including phenoxy) is 1. The van der Waals surface area contributed by atoms with Crippen LogP contribution in [0.25, 0.3) is 0 Å². The standard InChI is InChI=1S/C15H20O2/c16-15(7-2-9-17-10-8-15)14-6-5-12-3-1-4-13(12)11-14/h5-6,11,16H,1-4,7-10H2. The lowest BCUT2D eigenvalue weighted by molar-refractivity contribution is 0.0143. The predicted octanol–water partition coefficient (Wildman–Crippen LogP) is 2.56. The Kier molecular flexibility index (Phi) is 2.93. The minimum Gasteiger partial charge on any atom is -0.385 e. The first-order chi connectivity index (χ1) is 8.28. The van der Waals surface area contributed by atoms with E-state index in [0.29, 0.717) is 6.61 Å². The molecule has 1 heterocycles. The van der Waals surface area contributed by atoms with Crippen LogP contribution in [0.5, 0.6) is 0 Å². The third-order valence-corrected chi connectivity index (χ3v) is 4.17. The van der Waals surface area contributed by atoms with Gasteiger partial charge in [-0.15, -0.1) is 0 Å². The van der Waals surface area contributed by atoms with Crippen molar-refractivity contribution in [2.24, 2.45) is 0 Å². The Morgan fingerprint density at radius 2 is 1.88 bits per heavy atom. The Hall–Kier alpha value is -0.860. The van der Waals surface area contributed by atoms with Gasteiger partial charge in [0.05, 0.1) is 5.60 Å². The summed E-state index contributed by atoms with van der Waals surface area (Å²) >= 11 is 0. The molecular weight excluding hydrogens is 212 g/mol. The van der Waals surface area contributed by atoms with Gasteiger partial charge in [0.25, 0.3) is 0 Å². The van der Waals surface area contributed by atoms with E-state index in [2.05, 4.69) is 18.2 Å². The molecule has 0 amide bonds. The summed E-state index contributed by atoms with van der Waals surface area (Å²) in [4.78, 5) is 0. The highest BCUT2D eigenvalue weighted by atomic mass is 16.5. The van der Waals surface area contributed by atoms with Crippen LogP contribution in [0.2, 0.25) is 0 Å². The zero-order valence-electron chi connectivity index (χ0n) is 10.2. The molecule has 1 aromatic carbocycles. The molecule has 0 bridgehead atoms. The fourth-order valence-electron chi connectivity index (χ4n) is 3.08. The summed E-state index contributed by atoms with van der Waals surface area (Å²) in [7, 11) is 0. The van der Waals surface area contributed by atoms with E-state index in [1.165, 1.54) is 30.4 Å². The highest BCUT2D eigenvalue weighted by Crippen LogP contribution is 2.34. The number of rotatable bonds is 1. The highest BCUT2D eigenvalue weighted by Gasteiger charge is 2.31. The van der Waals surface area contributed by atoms with Gasteiger partial charge in [-0.05, 0) is 48.8 Å². The summed E-state index contributed by atoms with van der Waals surface area (Å²) in [6.07, 6.45) is 6.15. The summed E-state index contributed by atoms with van der Waals surface area (Å²) in [5.74, 6) is 0. The van der Waals surface area contributed by atoms with Crippen molar-refractivity contribution < 1.29 is 9.84 Å². The molecule has 2 heteroatoms. The van der Waals surface area contributed by atoms with Gasteiger partial charge in [0.2, 0.25) is 0 Å². The van der Waals surface area contributed by atoms with Crippen LogP contribution in [0.3, 0.4) is 0 Å². The van der Waals surface area contributed by atoms with Gasteiger partial charge in [0, 0.05) is 19.6 Å². The zero-order chi connectivity index (χ0) is 11.7. The molecule has 1 N–H and O–H groups in total. The van der Waals surface area contributed by atoms with Crippen LogP contribution in [0, 0.1) is 0 Å². The van der Waals surface area contributed by atoms with Crippen LogP contribution in [-0.2, 0) is 23.2 Å². The summed E-state index contributed by atoms with van der Waals surface area (Å²) in [5.41, 5.74) is 3.36. The average Bonchev–Trinajstić information content (AvgIpc) is 2.70. The first kappa shape index (κ1) is 11.2. The first-order valence-corrected chi connectivity index (χ1v) is 6.70. The second kappa shape index (κ2) is 4.43. The number of hydrogen-bond acceptors (Lipinski definition) is 2. The van der Waals surface area contributed by atoms with E-state index in [1.54, 1.807) is 0 Å². The van der Waals surface area contributed by atoms with Gasteiger partial charge in [-0.2, -0.15) is 0 Å². The number of benzene rings is 1. The van der Waals surface area contributed by atoms with Crippen molar-refractivity contribution in [3.63, 3.8) is 0 Å². The zero-order valence-corrected chi connectivity index (χ0v) is 10.2. The molecule has 1 aliphatic carbocycles.